The second kappa shape index (κ2) is 5.30. The molecule has 2 rings (SSSR count). The molecule has 1 aromatic heterocycles. The maximum absolute atomic E-state index is 13.9. The van der Waals surface area contributed by atoms with E-state index in [1.54, 1.807) is 0 Å². The molecule has 1 unspecified atom stereocenters. The number of nitrogens with zero attached hydrogens (tertiary/aromatic N) is 1. The Balaban J connectivity index is 2.50. The summed E-state index contributed by atoms with van der Waals surface area (Å²) in [6, 6.07) is 4.12. The van der Waals surface area contributed by atoms with E-state index in [-0.39, 0.29) is 16.1 Å². The van der Waals surface area contributed by atoms with Crippen LogP contribution in [0.3, 0.4) is 0 Å². The summed E-state index contributed by atoms with van der Waals surface area (Å²) in [6.45, 7) is 0. The second-order valence-electron chi connectivity index (χ2n) is 3.56. The molecule has 2 nitrogen and oxygen atoms in total. The molecule has 0 fully saturated rings. The molecule has 2 aromatic rings. The van der Waals surface area contributed by atoms with E-state index in [4.69, 9.17) is 11.6 Å². The molecule has 1 N–H and O–H groups in total. The topological polar surface area (TPSA) is 33.1 Å². The minimum absolute atomic E-state index is 0.0534. The summed E-state index contributed by atoms with van der Waals surface area (Å²) in [7, 11) is 0. The van der Waals surface area contributed by atoms with Crippen LogP contribution in [0.25, 0.3) is 0 Å². The van der Waals surface area contributed by atoms with Crippen molar-refractivity contribution >= 4 is 27.5 Å². The highest BCUT2D eigenvalue weighted by molar-refractivity contribution is 9.10. The third kappa shape index (κ3) is 2.39. The summed E-state index contributed by atoms with van der Waals surface area (Å²) >= 11 is 8.78. The third-order valence-corrected chi connectivity index (χ3v) is 3.72. The van der Waals surface area contributed by atoms with Gasteiger partial charge in [0.1, 0.15) is 17.7 Å². The molecule has 94 valence electrons. The number of halogens is 4. The number of pyridine rings is 1. The molecule has 1 aromatic carbocycles. The highest BCUT2D eigenvalue weighted by Crippen LogP contribution is 2.33. The molecule has 1 heterocycles. The first-order chi connectivity index (χ1) is 8.52. The number of aliphatic hydroxyl groups excluding tert-OH is 1. The molecule has 0 aliphatic heterocycles. The largest absolute Gasteiger partial charge is 0.383 e. The van der Waals surface area contributed by atoms with E-state index in [2.05, 4.69) is 20.9 Å². The Morgan fingerprint density at radius 3 is 2.61 bits per heavy atom. The van der Waals surface area contributed by atoms with Gasteiger partial charge < -0.3 is 5.11 Å². The van der Waals surface area contributed by atoms with Gasteiger partial charge in [-0.1, -0.05) is 17.7 Å². The van der Waals surface area contributed by atoms with Gasteiger partial charge in [-0.25, -0.2) is 8.78 Å². The van der Waals surface area contributed by atoms with E-state index < -0.39 is 17.7 Å². The second-order valence-corrected chi connectivity index (χ2v) is 4.80. The fraction of sp³-hybridized carbons (Fsp3) is 0.0833. The van der Waals surface area contributed by atoms with Gasteiger partial charge >= 0.3 is 0 Å². The fourth-order valence-electron chi connectivity index (χ4n) is 1.53. The molecule has 0 spiro atoms. The van der Waals surface area contributed by atoms with Crippen LogP contribution in [0.2, 0.25) is 5.02 Å². The van der Waals surface area contributed by atoms with Crippen LogP contribution in [0.5, 0.6) is 0 Å². The zero-order valence-corrected chi connectivity index (χ0v) is 11.2. The van der Waals surface area contributed by atoms with Gasteiger partial charge in [-0.3, -0.25) is 4.98 Å². The van der Waals surface area contributed by atoms with E-state index in [0.717, 1.165) is 6.20 Å². The van der Waals surface area contributed by atoms with E-state index in [0.29, 0.717) is 4.47 Å². The van der Waals surface area contributed by atoms with Crippen molar-refractivity contribution in [2.24, 2.45) is 0 Å². The monoisotopic (exact) mass is 333 g/mol. The number of rotatable bonds is 2. The highest BCUT2D eigenvalue weighted by Gasteiger charge is 2.21. The molecule has 0 aliphatic carbocycles. The number of hydrogen-bond acceptors (Lipinski definition) is 2. The van der Waals surface area contributed by atoms with Gasteiger partial charge in [0.25, 0.3) is 0 Å². The molecule has 18 heavy (non-hydrogen) atoms. The minimum Gasteiger partial charge on any atom is -0.383 e. The zero-order chi connectivity index (χ0) is 13.3. The molecule has 0 amide bonds. The Kier molecular flexibility index (Phi) is 3.94. The van der Waals surface area contributed by atoms with E-state index in [9.17, 15) is 13.9 Å². The molecule has 1 atom stereocenters. The van der Waals surface area contributed by atoms with Crippen molar-refractivity contribution in [1.82, 2.24) is 4.98 Å². The predicted molar refractivity (Wildman–Crippen MR) is 67.4 cm³/mol. The lowest BCUT2D eigenvalue weighted by molar-refractivity contribution is 0.209. The Labute approximate surface area is 115 Å². The lowest BCUT2D eigenvalue weighted by atomic mass is 10.0. The summed E-state index contributed by atoms with van der Waals surface area (Å²) in [6.07, 6.45) is 0.843. The Morgan fingerprint density at radius 1 is 1.22 bits per heavy atom. The van der Waals surface area contributed by atoms with Gasteiger partial charge in [-0.15, -0.1) is 0 Å². The van der Waals surface area contributed by atoms with Crippen LogP contribution in [0.15, 0.2) is 35.1 Å². The molecular weight excluding hydrogens is 327 g/mol. The first-order valence-electron chi connectivity index (χ1n) is 4.93. The van der Waals surface area contributed by atoms with Crippen LogP contribution in [0.4, 0.5) is 8.78 Å². The Morgan fingerprint density at radius 2 is 1.94 bits per heavy atom. The van der Waals surface area contributed by atoms with Crippen LogP contribution in [-0.4, -0.2) is 10.1 Å². The molecule has 6 heteroatoms. The van der Waals surface area contributed by atoms with Gasteiger partial charge in [0.2, 0.25) is 0 Å². The normalized spacial score (nSPS) is 12.5. The lowest BCUT2D eigenvalue weighted by Crippen LogP contribution is -2.05. The maximum Gasteiger partial charge on any atom is 0.149 e. The number of aromatic nitrogens is 1. The van der Waals surface area contributed by atoms with Crippen molar-refractivity contribution in [2.45, 2.75) is 6.10 Å². The first-order valence-corrected chi connectivity index (χ1v) is 6.10. The zero-order valence-electron chi connectivity index (χ0n) is 8.87. The van der Waals surface area contributed by atoms with Crippen LogP contribution < -0.4 is 0 Å². The SMILES string of the molecule is OC(c1ccncc1F)c1ccc(Br)c(Cl)c1F. The average molecular weight is 335 g/mol. The molecule has 0 saturated heterocycles. The molecule has 0 saturated carbocycles. The molecular formula is C12H7BrClF2NO. The molecule has 0 radical (unpaired) electrons. The quantitative estimate of drug-likeness (QED) is 0.846. The molecule has 0 bridgehead atoms. The van der Waals surface area contributed by atoms with E-state index in [1.807, 2.05) is 0 Å². The number of hydrogen-bond donors (Lipinski definition) is 1. The van der Waals surface area contributed by atoms with Gasteiger partial charge in [0.15, 0.2) is 0 Å². The van der Waals surface area contributed by atoms with Gasteiger partial charge in [0, 0.05) is 21.8 Å². The summed E-state index contributed by atoms with van der Waals surface area (Å²) in [5.41, 5.74) is -0.143. The van der Waals surface area contributed by atoms with Crippen LogP contribution in [0, 0.1) is 11.6 Å². The molecule has 0 aliphatic rings. The van der Waals surface area contributed by atoms with Crippen LogP contribution in [-0.2, 0) is 0 Å². The summed E-state index contributed by atoms with van der Waals surface area (Å²) < 4.78 is 27.7. The summed E-state index contributed by atoms with van der Waals surface area (Å²) in [5.74, 6) is -1.49. The van der Waals surface area contributed by atoms with Crippen molar-refractivity contribution in [3.05, 3.63) is 62.8 Å². The van der Waals surface area contributed by atoms with Crippen molar-refractivity contribution < 1.29 is 13.9 Å². The maximum atomic E-state index is 13.9. The Hall–Kier alpha value is -1.04. The third-order valence-electron chi connectivity index (χ3n) is 2.46. The van der Waals surface area contributed by atoms with Gasteiger partial charge in [0.05, 0.1) is 11.2 Å². The smallest absolute Gasteiger partial charge is 0.149 e. The summed E-state index contributed by atoms with van der Waals surface area (Å²) in [4.78, 5) is 3.56. The number of benzene rings is 1. The summed E-state index contributed by atoms with van der Waals surface area (Å²) in [5, 5.41) is 9.84. The van der Waals surface area contributed by atoms with E-state index in [1.165, 1.54) is 24.4 Å². The van der Waals surface area contributed by atoms with Crippen LogP contribution >= 0.6 is 27.5 Å². The average Bonchev–Trinajstić information content (AvgIpc) is 2.36. The minimum atomic E-state index is -1.43. The van der Waals surface area contributed by atoms with Crippen molar-refractivity contribution in [3.63, 3.8) is 0 Å². The van der Waals surface area contributed by atoms with Gasteiger partial charge in [-0.05, 0) is 28.1 Å². The van der Waals surface area contributed by atoms with Crippen molar-refractivity contribution in [1.29, 1.82) is 0 Å². The van der Waals surface area contributed by atoms with E-state index >= 15 is 0 Å². The van der Waals surface area contributed by atoms with Crippen molar-refractivity contribution in [3.8, 4) is 0 Å². The predicted octanol–water partition coefficient (Wildman–Crippen LogP) is 3.86. The lowest BCUT2D eigenvalue weighted by Gasteiger charge is -2.14. The highest BCUT2D eigenvalue weighted by atomic mass is 79.9. The van der Waals surface area contributed by atoms with Crippen molar-refractivity contribution in [2.75, 3.05) is 0 Å². The van der Waals surface area contributed by atoms with Gasteiger partial charge in [-0.2, -0.15) is 0 Å². The fourth-order valence-corrected chi connectivity index (χ4v) is 2.01. The first kappa shape index (κ1) is 13.4. The van der Waals surface area contributed by atoms with Crippen LogP contribution in [0.1, 0.15) is 17.2 Å². The number of aliphatic hydroxyl groups is 1. The Bertz CT molecular complexity index is 594. The standard InChI is InChI=1S/C12H7BrClF2NO/c13-8-2-1-7(11(16)10(8)14)12(18)6-3-4-17-5-9(6)15/h1-5,12,18H.